The fourth-order valence-corrected chi connectivity index (χ4v) is 4.48. The largest absolute Gasteiger partial charge is 0.383 e. The van der Waals surface area contributed by atoms with Crippen LogP contribution in [-0.4, -0.2) is 47.1 Å². The van der Waals surface area contributed by atoms with Crippen molar-refractivity contribution in [3.8, 4) is 0 Å². The van der Waals surface area contributed by atoms with Crippen molar-refractivity contribution in [3.63, 3.8) is 0 Å². The van der Waals surface area contributed by atoms with Crippen molar-refractivity contribution in [3.05, 3.63) is 65.0 Å². The van der Waals surface area contributed by atoms with E-state index < -0.39 is 5.60 Å². The van der Waals surface area contributed by atoms with Gasteiger partial charge in [0.1, 0.15) is 5.60 Å². The molecular weight excluding hydrogens is 362 g/mol. The first-order valence-corrected chi connectivity index (χ1v) is 10.8. The number of amides is 1. The normalized spacial score (nSPS) is 21.7. The summed E-state index contributed by atoms with van der Waals surface area (Å²) < 4.78 is 0. The van der Waals surface area contributed by atoms with Gasteiger partial charge in [-0.15, -0.1) is 0 Å². The number of aromatic nitrogens is 1. The molecule has 4 rings (SSSR count). The summed E-state index contributed by atoms with van der Waals surface area (Å²) in [7, 11) is 0. The molecule has 1 aromatic carbocycles. The van der Waals surface area contributed by atoms with Crippen molar-refractivity contribution in [1.82, 2.24) is 15.2 Å². The van der Waals surface area contributed by atoms with Gasteiger partial charge in [-0.3, -0.25) is 9.78 Å². The molecule has 1 amide bonds. The van der Waals surface area contributed by atoms with Gasteiger partial charge in [0.15, 0.2) is 0 Å². The quantitative estimate of drug-likeness (QED) is 0.838. The first-order valence-electron chi connectivity index (χ1n) is 10.8. The van der Waals surface area contributed by atoms with Crippen LogP contribution in [0.4, 0.5) is 0 Å². The fourth-order valence-electron chi connectivity index (χ4n) is 4.48. The molecule has 2 fully saturated rings. The van der Waals surface area contributed by atoms with E-state index in [0.717, 1.165) is 30.6 Å². The van der Waals surface area contributed by atoms with E-state index in [1.165, 1.54) is 18.4 Å². The maximum Gasteiger partial charge on any atom is 0.253 e. The molecule has 3 heterocycles. The highest BCUT2D eigenvalue weighted by atomic mass is 16.3. The van der Waals surface area contributed by atoms with Gasteiger partial charge in [0.25, 0.3) is 5.91 Å². The summed E-state index contributed by atoms with van der Waals surface area (Å²) in [5.41, 5.74) is 2.87. The van der Waals surface area contributed by atoms with Crippen LogP contribution in [0.1, 0.15) is 52.9 Å². The molecule has 5 nitrogen and oxygen atoms in total. The molecule has 1 aromatic heterocycles. The number of benzene rings is 1. The molecule has 0 bridgehead atoms. The van der Waals surface area contributed by atoms with Gasteiger partial charge in [0.2, 0.25) is 0 Å². The number of rotatable bonds is 4. The van der Waals surface area contributed by atoms with E-state index >= 15 is 0 Å². The summed E-state index contributed by atoms with van der Waals surface area (Å²) in [5, 5.41) is 14.5. The van der Waals surface area contributed by atoms with Crippen LogP contribution >= 0.6 is 0 Å². The number of carbonyl (C=O) groups is 1. The van der Waals surface area contributed by atoms with Gasteiger partial charge in [-0.05, 0) is 87.4 Å². The van der Waals surface area contributed by atoms with Crippen LogP contribution in [0.5, 0.6) is 0 Å². The Morgan fingerprint density at radius 2 is 1.97 bits per heavy atom. The van der Waals surface area contributed by atoms with E-state index in [0.29, 0.717) is 37.5 Å². The first kappa shape index (κ1) is 20.0. The molecule has 0 unspecified atom stereocenters. The monoisotopic (exact) mass is 393 g/mol. The highest BCUT2D eigenvalue weighted by molar-refractivity contribution is 5.94. The third-order valence-corrected chi connectivity index (χ3v) is 6.39. The van der Waals surface area contributed by atoms with Crippen LogP contribution in [0.3, 0.4) is 0 Å². The number of hydrogen-bond donors (Lipinski definition) is 2. The minimum Gasteiger partial charge on any atom is -0.383 e. The number of piperidine rings is 2. The van der Waals surface area contributed by atoms with Crippen LogP contribution in [0, 0.1) is 12.8 Å². The predicted octanol–water partition coefficient (Wildman–Crippen LogP) is 3.06. The van der Waals surface area contributed by atoms with E-state index in [-0.39, 0.29) is 5.91 Å². The van der Waals surface area contributed by atoms with Gasteiger partial charge in [-0.25, -0.2) is 0 Å². The molecule has 0 radical (unpaired) electrons. The molecule has 5 heteroatoms. The van der Waals surface area contributed by atoms with Crippen molar-refractivity contribution in [2.24, 2.45) is 5.92 Å². The number of likely N-dealkylation sites (tertiary alicyclic amines) is 1. The number of aliphatic hydroxyl groups is 1. The zero-order chi connectivity index (χ0) is 20.3. The summed E-state index contributed by atoms with van der Waals surface area (Å²) in [6.07, 6.45) is 6.42. The topological polar surface area (TPSA) is 65.5 Å². The Balaban J connectivity index is 1.35. The second kappa shape index (κ2) is 8.64. The van der Waals surface area contributed by atoms with E-state index in [9.17, 15) is 9.90 Å². The van der Waals surface area contributed by atoms with Crippen molar-refractivity contribution in [1.29, 1.82) is 0 Å². The molecule has 154 valence electrons. The molecule has 2 saturated heterocycles. The lowest BCUT2D eigenvalue weighted by molar-refractivity contribution is -0.0244. The third-order valence-electron chi connectivity index (χ3n) is 6.39. The molecule has 2 aliphatic rings. The van der Waals surface area contributed by atoms with Gasteiger partial charge in [-0.2, -0.15) is 0 Å². The molecule has 2 N–H and O–H groups in total. The molecule has 2 aromatic rings. The van der Waals surface area contributed by atoms with E-state index in [1.54, 1.807) is 6.20 Å². The first-order chi connectivity index (χ1) is 14.0. The minimum absolute atomic E-state index is 0.0507. The molecule has 0 spiro atoms. The Labute approximate surface area is 173 Å². The van der Waals surface area contributed by atoms with Gasteiger partial charge in [0, 0.05) is 24.8 Å². The Morgan fingerprint density at radius 1 is 1.21 bits per heavy atom. The summed E-state index contributed by atoms with van der Waals surface area (Å²) in [6.45, 7) is 5.29. The Kier molecular flexibility index (Phi) is 5.97. The predicted molar refractivity (Wildman–Crippen MR) is 114 cm³/mol. The van der Waals surface area contributed by atoms with Crippen LogP contribution in [-0.2, 0) is 12.0 Å². The van der Waals surface area contributed by atoms with Gasteiger partial charge >= 0.3 is 0 Å². The molecule has 1 atom stereocenters. The van der Waals surface area contributed by atoms with Crippen LogP contribution in [0.15, 0.2) is 42.6 Å². The van der Waals surface area contributed by atoms with E-state index in [2.05, 4.69) is 22.4 Å². The van der Waals surface area contributed by atoms with Crippen molar-refractivity contribution < 1.29 is 9.90 Å². The van der Waals surface area contributed by atoms with Crippen LogP contribution in [0.25, 0.3) is 0 Å². The summed E-state index contributed by atoms with van der Waals surface area (Å²) in [5.74, 6) is 0.746. The average molecular weight is 394 g/mol. The second-order valence-electron chi connectivity index (χ2n) is 8.66. The molecule has 29 heavy (non-hydrogen) atoms. The second-order valence-corrected chi connectivity index (χ2v) is 8.66. The summed E-state index contributed by atoms with van der Waals surface area (Å²) >= 11 is 0. The molecular formula is C24H31N3O2. The van der Waals surface area contributed by atoms with Crippen molar-refractivity contribution >= 4 is 5.91 Å². The zero-order valence-corrected chi connectivity index (χ0v) is 17.2. The van der Waals surface area contributed by atoms with Gasteiger partial charge < -0.3 is 15.3 Å². The summed E-state index contributed by atoms with van der Waals surface area (Å²) in [4.78, 5) is 19.2. The molecule has 2 aliphatic heterocycles. The van der Waals surface area contributed by atoms with Gasteiger partial charge in [0.05, 0.1) is 5.69 Å². The Hall–Kier alpha value is -2.24. The third kappa shape index (κ3) is 4.68. The zero-order valence-electron chi connectivity index (χ0n) is 17.2. The lowest BCUT2D eigenvalue weighted by atomic mass is 9.87. The smallest absolute Gasteiger partial charge is 0.253 e. The van der Waals surface area contributed by atoms with Crippen LogP contribution in [0.2, 0.25) is 0 Å². The average Bonchev–Trinajstić information content (AvgIpc) is 2.75. The summed E-state index contributed by atoms with van der Waals surface area (Å²) in [6, 6.07) is 12.0. The maximum absolute atomic E-state index is 12.9. The minimum atomic E-state index is -0.942. The Bertz CT molecular complexity index is 818. The number of nitrogens with zero attached hydrogens (tertiary/aromatic N) is 2. The number of pyridine rings is 1. The number of aryl methyl sites for hydroxylation is 1. The molecule has 0 aliphatic carbocycles. The Morgan fingerprint density at radius 3 is 2.59 bits per heavy atom. The maximum atomic E-state index is 12.9. The lowest BCUT2D eigenvalue weighted by Gasteiger charge is -2.37. The van der Waals surface area contributed by atoms with Crippen LogP contribution < -0.4 is 5.32 Å². The van der Waals surface area contributed by atoms with Gasteiger partial charge in [-0.1, -0.05) is 18.2 Å². The van der Waals surface area contributed by atoms with E-state index in [1.807, 2.05) is 36.1 Å². The number of carbonyl (C=O) groups excluding carboxylic acids is 1. The highest BCUT2D eigenvalue weighted by Crippen LogP contribution is 2.32. The van der Waals surface area contributed by atoms with E-state index in [4.69, 9.17) is 0 Å². The molecule has 0 saturated carbocycles. The number of hydrogen-bond acceptors (Lipinski definition) is 4. The lowest BCUT2D eigenvalue weighted by Crippen LogP contribution is -2.45. The fraction of sp³-hybridized carbons (Fsp3) is 0.500. The standard InChI is InChI=1S/C24H31N3O2/c1-18-4-9-22(26-16-18)24(29)10-13-27(14-11-24)23(28)21-7-5-19(6-8-21)15-20-3-2-12-25-17-20/h4-9,16,20,25,29H,2-3,10-15,17H2,1H3/t20-/m1/s1. The van der Waals surface area contributed by atoms with Crippen molar-refractivity contribution in [2.45, 2.75) is 44.6 Å². The number of nitrogens with one attached hydrogen (secondary N) is 1. The SMILES string of the molecule is Cc1ccc(C2(O)CCN(C(=O)c3ccc(C[C@H]4CCCNC4)cc3)CC2)nc1. The highest BCUT2D eigenvalue weighted by Gasteiger charge is 2.36. The van der Waals surface area contributed by atoms with Crippen molar-refractivity contribution in [2.75, 3.05) is 26.2 Å².